The van der Waals surface area contributed by atoms with Crippen LogP contribution in [0.4, 0.5) is 5.69 Å². The molecule has 5 aromatic rings. The van der Waals surface area contributed by atoms with Crippen molar-refractivity contribution in [3.63, 3.8) is 0 Å². The number of imide groups is 1. The lowest BCUT2D eigenvalue weighted by atomic mass is 9.81. The second-order valence-corrected chi connectivity index (χ2v) is 13.4. The minimum absolute atomic E-state index is 0.127. The summed E-state index contributed by atoms with van der Waals surface area (Å²) in [6.07, 6.45) is 2.38. The number of esters is 1. The van der Waals surface area contributed by atoms with Gasteiger partial charge in [-0.2, -0.15) is 0 Å². The lowest BCUT2D eigenvalue weighted by molar-refractivity contribution is -0.122. The van der Waals surface area contributed by atoms with Gasteiger partial charge in [0, 0.05) is 21.0 Å². The van der Waals surface area contributed by atoms with Crippen LogP contribution in [0.15, 0.2) is 108 Å². The Morgan fingerprint density at radius 1 is 0.857 bits per heavy atom. The van der Waals surface area contributed by atoms with Gasteiger partial charge < -0.3 is 9.47 Å². The number of nitrogens with zero attached hydrogens (tertiary/aromatic N) is 2. The summed E-state index contributed by atoms with van der Waals surface area (Å²) >= 11 is 3.48. The van der Waals surface area contributed by atoms with Crippen LogP contribution in [0.5, 0.6) is 5.75 Å². The first-order valence-corrected chi connectivity index (χ1v) is 17.2. The number of aromatic nitrogens is 1. The maximum atomic E-state index is 13.7. The van der Waals surface area contributed by atoms with Crippen LogP contribution >= 0.6 is 15.9 Å². The van der Waals surface area contributed by atoms with Gasteiger partial charge in [0.1, 0.15) is 12.4 Å². The average molecular weight is 718 g/mol. The van der Waals surface area contributed by atoms with Gasteiger partial charge in [0.05, 0.1) is 34.3 Å². The van der Waals surface area contributed by atoms with E-state index in [0.717, 1.165) is 35.7 Å². The highest BCUT2D eigenvalue weighted by molar-refractivity contribution is 9.10. The maximum Gasteiger partial charge on any atom is 0.339 e. The van der Waals surface area contributed by atoms with E-state index in [4.69, 9.17) is 14.5 Å². The molecule has 2 aliphatic rings. The van der Waals surface area contributed by atoms with Gasteiger partial charge in [-0.3, -0.25) is 19.3 Å². The van der Waals surface area contributed by atoms with E-state index in [1.165, 1.54) is 4.90 Å². The molecule has 2 fully saturated rings. The SMILES string of the molecule is CC(OC(=O)c1cc(-c2ccc(N3C(=O)C4CCCCC4C3=O)cc2)nc2ccc(Br)cc12)C(=O)c1ccc(OCc2ccccc2)cc1. The summed E-state index contributed by atoms with van der Waals surface area (Å²) in [5.41, 5.74) is 3.97. The fourth-order valence-corrected chi connectivity index (χ4v) is 7.04. The third-order valence-corrected chi connectivity index (χ3v) is 9.79. The molecule has 1 aromatic heterocycles. The predicted molar refractivity (Wildman–Crippen MR) is 189 cm³/mol. The highest BCUT2D eigenvalue weighted by Crippen LogP contribution is 2.40. The number of anilines is 1. The van der Waals surface area contributed by atoms with Crippen molar-refractivity contribution in [1.29, 1.82) is 0 Å². The molecule has 0 radical (unpaired) electrons. The van der Waals surface area contributed by atoms with Crippen molar-refractivity contribution in [3.05, 3.63) is 124 Å². The first-order chi connectivity index (χ1) is 23.8. The van der Waals surface area contributed by atoms with E-state index in [-0.39, 0.29) is 35.0 Å². The van der Waals surface area contributed by atoms with E-state index in [0.29, 0.717) is 45.8 Å². The summed E-state index contributed by atoms with van der Waals surface area (Å²) in [6, 6.07) is 30.7. The third-order valence-electron chi connectivity index (χ3n) is 9.29. The van der Waals surface area contributed by atoms with Crippen molar-refractivity contribution in [2.24, 2.45) is 11.8 Å². The molecular weight excluding hydrogens is 684 g/mol. The molecule has 0 bridgehead atoms. The summed E-state index contributed by atoms with van der Waals surface area (Å²) in [6.45, 7) is 1.96. The molecule has 3 unspecified atom stereocenters. The molecule has 1 aliphatic carbocycles. The number of halogens is 1. The molecule has 3 atom stereocenters. The van der Waals surface area contributed by atoms with Crippen molar-refractivity contribution in [2.45, 2.75) is 45.3 Å². The molecule has 1 saturated heterocycles. The van der Waals surface area contributed by atoms with Crippen molar-refractivity contribution in [1.82, 2.24) is 4.98 Å². The molecule has 2 heterocycles. The second-order valence-electron chi connectivity index (χ2n) is 12.5. The number of hydrogen-bond acceptors (Lipinski definition) is 7. The zero-order valence-electron chi connectivity index (χ0n) is 26.8. The van der Waals surface area contributed by atoms with Crippen molar-refractivity contribution in [3.8, 4) is 17.0 Å². The van der Waals surface area contributed by atoms with E-state index < -0.39 is 12.1 Å². The molecule has 246 valence electrons. The van der Waals surface area contributed by atoms with Crippen LogP contribution in [0.2, 0.25) is 0 Å². The summed E-state index contributed by atoms with van der Waals surface area (Å²) < 4.78 is 12.3. The monoisotopic (exact) mass is 716 g/mol. The molecule has 9 heteroatoms. The van der Waals surface area contributed by atoms with Gasteiger partial charge >= 0.3 is 5.97 Å². The number of ketones is 1. The van der Waals surface area contributed by atoms with E-state index in [2.05, 4.69) is 15.9 Å². The lowest BCUT2D eigenvalue weighted by Gasteiger charge is -2.19. The number of Topliss-reactive ketones (excluding diaryl/α,β-unsaturated/α-hetero) is 1. The van der Waals surface area contributed by atoms with Gasteiger partial charge in [-0.05, 0) is 86.0 Å². The summed E-state index contributed by atoms with van der Waals surface area (Å²) in [5, 5.41) is 0.565. The van der Waals surface area contributed by atoms with Crippen LogP contribution in [0.3, 0.4) is 0 Å². The number of ether oxygens (including phenoxy) is 2. The van der Waals surface area contributed by atoms with E-state index in [1.54, 1.807) is 73.7 Å². The minimum Gasteiger partial charge on any atom is -0.489 e. The quantitative estimate of drug-likeness (QED) is 0.0858. The molecular formula is C40H33BrN2O6. The van der Waals surface area contributed by atoms with Crippen LogP contribution in [0.25, 0.3) is 22.2 Å². The van der Waals surface area contributed by atoms with Crippen molar-refractivity contribution < 1.29 is 28.7 Å². The van der Waals surface area contributed by atoms with E-state index in [1.807, 2.05) is 36.4 Å². The smallest absolute Gasteiger partial charge is 0.339 e. The summed E-state index contributed by atoms with van der Waals surface area (Å²) in [5.74, 6) is -1.11. The number of rotatable bonds is 9. The number of benzene rings is 4. The van der Waals surface area contributed by atoms with Gasteiger partial charge in [-0.1, -0.05) is 71.2 Å². The van der Waals surface area contributed by atoms with Crippen LogP contribution in [0, 0.1) is 11.8 Å². The second kappa shape index (κ2) is 13.8. The van der Waals surface area contributed by atoms with E-state index in [9.17, 15) is 19.2 Å². The van der Waals surface area contributed by atoms with Gasteiger partial charge in [-0.25, -0.2) is 9.78 Å². The first-order valence-electron chi connectivity index (χ1n) is 16.4. The largest absolute Gasteiger partial charge is 0.489 e. The standard InChI is InChI=1S/C40H33BrN2O6/c1-24(37(44)27-13-18-30(19-14-27)48-23-25-7-3-2-4-8-25)49-40(47)34-22-36(42-35-20-15-28(41)21-33(34)35)26-11-16-29(17-12-26)43-38(45)31-9-5-6-10-32(31)39(43)46/h2-4,7-8,11-22,24,31-32H,5-6,9-10,23H2,1H3. The molecule has 1 saturated carbocycles. The van der Waals surface area contributed by atoms with Crippen molar-refractivity contribution in [2.75, 3.05) is 4.90 Å². The Morgan fingerprint density at radius 2 is 1.53 bits per heavy atom. The number of pyridine rings is 1. The van der Waals surface area contributed by atoms with Crippen LogP contribution in [-0.4, -0.2) is 34.7 Å². The Morgan fingerprint density at radius 3 is 2.20 bits per heavy atom. The van der Waals surface area contributed by atoms with Crippen LogP contribution in [0.1, 0.15) is 58.9 Å². The highest BCUT2D eigenvalue weighted by atomic mass is 79.9. The van der Waals surface area contributed by atoms with Gasteiger partial charge in [0.2, 0.25) is 17.6 Å². The average Bonchev–Trinajstić information content (AvgIpc) is 3.39. The number of amides is 2. The normalized spacial score (nSPS) is 17.9. The van der Waals surface area contributed by atoms with Crippen LogP contribution in [-0.2, 0) is 20.9 Å². The summed E-state index contributed by atoms with van der Waals surface area (Å²) in [7, 11) is 0. The molecule has 0 N–H and O–H groups in total. The molecule has 8 nitrogen and oxygen atoms in total. The molecule has 49 heavy (non-hydrogen) atoms. The van der Waals surface area contributed by atoms with Gasteiger partial charge in [-0.15, -0.1) is 0 Å². The minimum atomic E-state index is -1.05. The molecule has 0 spiro atoms. The highest BCUT2D eigenvalue weighted by Gasteiger charge is 2.48. The Kier molecular flexibility index (Phi) is 9.10. The number of carbonyl (C=O) groups excluding carboxylic acids is 4. The molecule has 2 amide bonds. The molecule has 7 rings (SSSR count). The Labute approximate surface area is 292 Å². The Bertz CT molecular complexity index is 2040. The molecule has 4 aromatic carbocycles. The van der Waals surface area contributed by atoms with Gasteiger partial charge in [0.15, 0.2) is 6.10 Å². The Balaban J connectivity index is 1.09. The first kappa shape index (κ1) is 32.4. The summed E-state index contributed by atoms with van der Waals surface area (Å²) in [4.78, 5) is 59.3. The van der Waals surface area contributed by atoms with Gasteiger partial charge in [0.25, 0.3) is 0 Å². The van der Waals surface area contributed by atoms with Crippen LogP contribution < -0.4 is 9.64 Å². The zero-order chi connectivity index (χ0) is 34.1. The number of hydrogen-bond donors (Lipinski definition) is 0. The molecule has 1 aliphatic heterocycles. The zero-order valence-corrected chi connectivity index (χ0v) is 28.4. The van der Waals surface area contributed by atoms with Crippen molar-refractivity contribution >= 4 is 56.1 Å². The predicted octanol–water partition coefficient (Wildman–Crippen LogP) is 8.35. The number of carbonyl (C=O) groups is 4. The fourth-order valence-electron chi connectivity index (χ4n) is 6.68. The Hall–Kier alpha value is -5.15. The number of fused-ring (bicyclic) bond motifs is 2. The maximum absolute atomic E-state index is 13.7. The third kappa shape index (κ3) is 6.63. The fraction of sp³-hybridized carbons (Fsp3) is 0.225. The topological polar surface area (TPSA) is 103 Å². The lowest BCUT2D eigenvalue weighted by Crippen LogP contribution is -2.30. The van der Waals surface area contributed by atoms with E-state index >= 15 is 0 Å².